The summed E-state index contributed by atoms with van der Waals surface area (Å²) in [6.45, 7) is 1.79. The van der Waals surface area contributed by atoms with Crippen molar-refractivity contribution in [3.05, 3.63) is 76.4 Å². The number of aryl methyl sites for hydroxylation is 1. The molecule has 0 aliphatic rings. The maximum absolute atomic E-state index is 13.3. The summed E-state index contributed by atoms with van der Waals surface area (Å²) in [6.07, 6.45) is 0. The molecule has 1 aromatic heterocycles. The van der Waals surface area contributed by atoms with Crippen molar-refractivity contribution in [3.8, 4) is 5.75 Å². The molecule has 2 aromatic carbocycles. The monoisotopic (exact) mass is 420 g/mol. The van der Waals surface area contributed by atoms with E-state index in [1.54, 1.807) is 30.5 Å². The molecule has 0 aliphatic heterocycles. The zero-order valence-electron chi connectivity index (χ0n) is 14.8. The predicted octanol–water partition coefficient (Wildman–Crippen LogP) is 3.63. The second kappa shape index (κ2) is 7.99. The lowest BCUT2D eigenvalue weighted by atomic mass is 10.1. The normalized spacial score (nSPS) is 11.2. The molecule has 0 spiro atoms. The van der Waals surface area contributed by atoms with Crippen LogP contribution in [-0.4, -0.2) is 19.4 Å². The number of hydrogen-bond donors (Lipinski definition) is 3. The molecule has 0 bridgehead atoms. The van der Waals surface area contributed by atoms with Crippen molar-refractivity contribution in [2.24, 2.45) is 0 Å². The van der Waals surface area contributed by atoms with Crippen LogP contribution in [0, 0.1) is 12.7 Å². The van der Waals surface area contributed by atoms with E-state index in [0.717, 1.165) is 11.3 Å². The number of amides is 1. The van der Waals surface area contributed by atoms with Gasteiger partial charge in [0.25, 0.3) is 15.9 Å². The number of carbonyl (C=O) groups excluding carboxylic acids is 1. The van der Waals surface area contributed by atoms with Crippen LogP contribution in [0.15, 0.2) is 58.1 Å². The summed E-state index contributed by atoms with van der Waals surface area (Å²) in [4.78, 5) is 12.3. The van der Waals surface area contributed by atoms with Crippen LogP contribution in [0.2, 0.25) is 0 Å². The van der Waals surface area contributed by atoms with Gasteiger partial charge in [-0.05, 0) is 47.7 Å². The molecule has 9 heteroatoms. The highest BCUT2D eigenvalue weighted by atomic mass is 32.2. The maximum atomic E-state index is 13.3. The van der Waals surface area contributed by atoms with Gasteiger partial charge in [-0.1, -0.05) is 18.2 Å². The molecule has 0 fully saturated rings. The quantitative estimate of drug-likeness (QED) is 0.567. The number of halogens is 1. The number of thiophene rings is 1. The number of rotatable bonds is 6. The smallest absolute Gasteiger partial charge is 0.271 e. The SMILES string of the molecule is Cc1cc(CNC(=O)c2ccc(NS(=O)(=O)c3cccs3)cc2O)ccc1F. The average molecular weight is 420 g/mol. The first-order chi connectivity index (χ1) is 13.3. The minimum atomic E-state index is -3.75. The summed E-state index contributed by atoms with van der Waals surface area (Å²) in [6, 6.07) is 11.5. The molecule has 6 nitrogen and oxygen atoms in total. The molecule has 1 amide bonds. The molecular weight excluding hydrogens is 403 g/mol. The van der Waals surface area contributed by atoms with Gasteiger partial charge >= 0.3 is 0 Å². The molecule has 3 N–H and O–H groups in total. The Kier molecular flexibility index (Phi) is 5.66. The van der Waals surface area contributed by atoms with Gasteiger partial charge in [-0.15, -0.1) is 11.3 Å². The number of nitrogens with one attached hydrogen (secondary N) is 2. The Balaban J connectivity index is 1.69. The fourth-order valence-electron chi connectivity index (χ4n) is 2.50. The first-order valence-corrected chi connectivity index (χ1v) is 10.5. The third-order valence-corrected chi connectivity index (χ3v) is 6.71. The summed E-state index contributed by atoms with van der Waals surface area (Å²) in [7, 11) is -3.75. The Morgan fingerprint density at radius 1 is 1.18 bits per heavy atom. The van der Waals surface area contributed by atoms with Gasteiger partial charge in [-0.2, -0.15) is 0 Å². The van der Waals surface area contributed by atoms with Gasteiger partial charge in [0.15, 0.2) is 0 Å². The summed E-state index contributed by atoms with van der Waals surface area (Å²) in [5, 5.41) is 14.4. The Labute approximate surface area is 165 Å². The lowest BCUT2D eigenvalue weighted by Gasteiger charge is -2.10. The largest absolute Gasteiger partial charge is 0.507 e. The fraction of sp³-hybridized carbons (Fsp3) is 0.105. The van der Waals surface area contributed by atoms with Crippen LogP contribution in [0.1, 0.15) is 21.5 Å². The summed E-state index contributed by atoms with van der Waals surface area (Å²) in [5.41, 5.74) is 1.32. The summed E-state index contributed by atoms with van der Waals surface area (Å²) in [5.74, 6) is -1.22. The van der Waals surface area contributed by atoms with E-state index < -0.39 is 15.9 Å². The van der Waals surface area contributed by atoms with Crippen molar-refractivity contribution in [3.63, 3.8) is 0 Å². The van der Waals surface area contributed by atoms with E-state index in [0.29, 0.717) is 11.1 Å². The molecule has 28 heavy (non-hydrogen) atoms. The van der Waals surface area contributed by atoms with Gasteiger partial charge in [0.1, 0.15) is 15.8 Å². The molecule has 3 rings (SSSR count). The fourth-order valence-corrected chi connectivity index (χ4v) is 4.55. The molecule has 146 valence electrons. The van der Waals surface area contributed by atoms with Crippen LogP contribution in [0.4, 0.5) is 10.1 Å². The Morgan fingerprint density at radius 3 is 2.61 bits per heavy atom. The lowest BCUT2D eigenvalue weighted by Crippen LogP contribution is -2.23. The maximum Gasteiger partial charge on any atom is 0.271 e. The average Bonchev–Trinajstić information content (AvgIpc) is 3.18. The molecule has 0 saturated carbocycles. The molecular formula is C19H17FN2O4S2. The topological polar surface area (TPSA) is 95.5 Å². The van der Waals surface area contributed by atoms with Crippen molar-refractivity contribution in [2.75, 3.05) is 4.72 Å². The lowest BCUT2D eigenvalue weighted by molar-refractivity contribution is 0.0948. The van der Waals surface area contributed by atoms with E-state index in [2.05, 4.69) is 10.0 Å². The first-order valence-electron chi connectivity index (χ1n) is 8.19. The van der Waals surface area contributed by atoms with Crippen LogP contribution in [0.5, 0.6) is 5.75 Å². The van der Waals surface area contributed by atoms with Crippen LogP contribution < -0.4 is 10.0 Å². The van der Waals surface area contributed by atoms with Gasteiger partial charge < -0.3 is 10.4 Å². The highest BCUT2D eigenvalue weighted by molar-refractivity contribution is 7.94. The van der Waals surface area contributed by atoms with Crippen LogP contribution in [0.25, 0.3) is 0 Å². The zero-order chi connectivity index (χ0) is 20.3. The number of sulfonamides is 1. The number of benzene rings is 2. The number of hydrogen-bond acceptors (Lipinski definition) is 5. The van der Waals surface area contributed by atoms with E-state index in [-0.39, 0.29) is 33.6 Å². The highest BCUT2D eigenvalue weighted by Gasteiger charge is 2.17. The molecule has 1 heterocycles. The van der Waals surface area contributed by atoms with E-state index >= 15 is 0 Å². The van der Waals surface area contributed by atoms with Crippen molar-refractivity contribution in [2.45, 2.75) is 17.7 Å². The highest BCUT2D eigenvalue weighted by Crippen LogP contribution is 2.25. The van der Waals surface area contributed by atoms with Gasteiger partial charge in [-0.25, -0.2) is 12.8 Å². The Bertz CT molecular complexity index is 1110. The Morgan fingerprint density at radius 2 is 1.96 bits per heavy atom. The van der Waals surface area contributed by atoms with Gasteiger partial charge in [0.2, 0.25) is 0 Å². The molecule has 0 atom stereocenters. The minimum Gasteiger partial charge on any atom is -0.507 e. The van der Waals surface area contributed by atoms with Crippen LogP contribution >= 0.6 is 11.3 Å². The Hall–Kier alpha value is -2.91. The van der Waals surface area contributed by atoms with E-state index in [1.165, 1.54) is 30.3 Å². The van der Waals surface area contributed by atoms with Gasteiger partial charge in [0.05, 0.1) is 11.3 Å². The minimum absolute atomic E-state index is 0.00194. The molecule has 0 radical (unpaired) electrons. The summed E-state index contributed by atoms with van der Waals surface area (Å²) >= 11 is 1.07. The molecule has 0 saturated heterocycles. The second-order valence-electron chi connectivity index (χ2n) is 6.04. The zero-order valence-corrected chi connectivity index (χ0v) is 16.4. The second-order valence-corrected chi connectivity index (χ2v) is 8.89. The number of aromatic hydroxyl groups is 1. The number of carbonyl (C=O) groups is 1. The summed E-state index contributed by atoms with van der Waals surface area (Å²) < 4.78 is 40.2. The number of phenolic OH excluding ortho intramolecular Hbond substituents is 1. The van der Waals surface area contributed by atoms with Gasteiger partial charge in [-0.3, -0.25) is 9.52 Å². The third kappa shape index (κ3) is 4.49. The standard InChI is InChI=1S/C19H17FN2O4S2/c1-12-9-13(4-7-16(12)20)11-21-19(24)15-6-5-14(10-17(15)23)22-28(25,26)18-3-2-8-27-18/h2-10,22-23H,11H2,1H3,(H,21,24). The van der Waals surface area contributed by atoms with Crippen molar-refractivity contribution >= 4 is 33.0 Å². The van der Waals surface area contributed by atoms with E-state index in [9.17, 15) is 22.7 Å². The first kappa shape index (κ1) is 19.8. The van der Waals surface area contributed by atoms with Crippen molar-refractivity contribution < 1.29 is 22.7 Å². The molecule has 0 unspecified atom stereocenters. The number of anilines is 1. The van der Waals surface area contributed by atoms with E-state index in [4.69, 9.17) is 0 Å². The van der Waals surface area contributed by atoms with Gasteiger partial charge in [0, 0.05) is 12.6 Å². The third-order valence-electron chi connectivity index (χ3n) is 3.93. The predicted molar refractivity (Wildman–Crippen MR) is 106 cm³/mol. The van der Waals surface area contributed by atoms with Crippen molar-refractivity contribution in [1.82, 2.24) is 5.32 Å². The van der Waals surface area contributed by atoms with Crippen molar-refractivity contribution in [1.29, 1.82) is 0 Å². The molecule has 0 aliphatic carbocycles. The number of phenols is 1. The van der Waals surface area contributed by atoms with E-state index in [1.807, 2.05) is 0 Å². The molecule has 3 aromatic rings. The van der Waals surface area contributed by atoms with Crippen LogP contribution in [-0.2, 0) is 16.6 Å². The van der Waals surface area contributed by atoms with Crippen LogP contribution in [0.3, 0.4) is 0 Å².